The van der Waals surface area contributed by atoms with E-state index in [-0.39, 0.29) is 0 Å². The standard InChI is InChI=1S/C25H43NO4S/c1-2-3-4-5-6-7-8-9-10-11-12-13-14-15-16-17-22-26-24-18-20-25(21-19-24)30-23-31(27,28)29/h9-10,18-21,26H,2-8,11-17,22-23H2,1H3,(H,27,28,29). The third-order valence-corrected chi connectivity index (χ3v) is 5.66. The highest BCUT2D eigenvalue weighted by Crippen LogP contribution is 2.16. The molecule has 0 unspecified atom stereocenters. The molecule has 1 aromatic carbocycles. The van der Waals surface area contributed by atoms with Gasteiger partial charge in [-0.1, -0.05) is 76.9 Å². The lowest BCUT2D eigenvalue weighted by molar-refractivity contribution is 0.353. The Balaban J connectivity index is 1.89. The van der Waals surface area contributed by atoms with Gasteiger partial charge < -0.3 is 10.1 Å². The molecule has 0 amide bonds. The van der Waals surface area contributed by atoms with E-state index in [1.54, 1.807) is 12.1 Å². The largest absolute Gasteiger partial charge is 0.475 e. The van der Waals surface area contributed by atoms with Crippen molar-refractivity contribution in [2.45, 2.75) is 96.8 Å². The van der Waals surface area contributed by atoms with Crippen molar-refractivity contribution >= 4 is 15.8 Å². The maximum atomic E-state index is 10.7. The summed E-state index contributed by atoms with van der Waals surface area (Å²) in [6.45, 7) is 3.19. The second kappa shape index (κ2) is 18.1. The molecule has 0 bridgehead atoms. The summed E-state index contributed by atoms with van der Waals surface area (Å²) >= 11 is 0. The maximum Gasteiger partial charge on any atom is 0.300 e. The van der Waals surface area contributed by atoms with E-state index in [9.17, 15) is 8.42 Å². The van der Waals surface area contributed by atoms with Gasteiger partial charge in [0.05, 0.1) is 0 Å². The predicted octanol–water partition coefficient (Wildman–Crippen LogP) is 7.36. The van der Waals surface area contributed by atoms with E-state index in [0.717, 1.165) is 18.7 Å². The van der Waals surface area contributed by atoms with Crippen LogP contribution in [0.3, 0.4) is 0 Å². The van der Waals surface area contributed by atoms with E-state index < -0.39 is 16.1 Å². The molecule has 6 heteroatoms. The molecule has 2 N–H and O–H groups in total. The molecule has 0 aliphatic carbocycles. The summed E-state index contributed by atoms with van der Waals surface area (Å²) in [5.74, 6) is -0.310. The summed E-state index contributed by atoms with van der Waals surface area (Å²) < 4.78 is 35.0. The first-order valence-corrected chi connectivity index (χ1v) is 13.7. The molecule has 5 nitrogen and oxygen atoms in total. The van der Waals surface area contributed by atoms with Crippen LogP contribution in [0.5, 0.6) is 5.75 Å². The molecule has 0 heterocycles. The van der Waals surface area contributed by atoms with Gasteiger partial charge >= 0.3 is 10.1 Å². The van der Waals surface area contributed by atoms with Gasteiger partial charge in [-0.2, -0.15) is 8.42 Å². The first-order valence-electron chi connectivity index (χ1n) is 12.1. The zero-order valence-electron chi connectivity index (χ0n) is 19.4. The minimum absolute atomic E-state index is 0.417. The Morgan fingerprint density at radius 3 is 1.87 bits per heavy atom. The highest BCUT2D eigenvalue weighted by atomic mass is 32.2. The summed E-state index contributed by atoms with van der Waals surface area (Å²) in [6.07, 6.45) is 23.1. The topological polar surface area (TPSA) is 75.6 Å². The van der Waals surface area contributed by atoms with Crippen LogP contribution in [0.1, 0.15) is 96.8 Å². The summed E-state index contributed by atoms with van der Waals surface area (Å²) in [7, 11) is -4.11. The number of benzene rings is 1. The Labute approximate surface area is 190 Å². The van der Waals surface area contributed by atoms with E-state index in [0.29, 0.717) is 5.75 Å². The van der Waals surface area contributed by atoms with Crippen molar-refractivity contribution < 1.29 is 17.7 Å². The minimum atomic E-state index is -4.11. The highest BCUT2D eigenvalue weighted by Gasteiger charge is 2.05. The first-order chi connectivity index (χ1) is 15.0. The van der Waals surface area contributed by atoms with Gasteiger partial charge in [-0.15, -0.1) is 0 Å². The number of nitrogens with one attached hydrogen (secondary N) is 1. The van der Waals surface area contributed by atoms with Gasteiger partial charge in [-0.3, -0.25) is 4.55 Å². The Hall–Kier alpha value is -1.53. The quantitative estimate of drug-likeness (QED) is 0.122. The predicted molar refractivity (Wildman–Crippen MR) is 131 cm³/mol. The van der Waals surface area contributed by atoms with E-state index in [1.165, 1.54) is 83.5 Å². The fraction of sp³-hybridized carbons (Fsp3) is 0.680. The van der Waals surface area contributed by atoms with Crippen LogP contribution < -0.4 is 10.1 Å². The van der Waals surface area contributed by atoms with Gasteiger partial charge in [-0.05, 0) is 56.4 Å². The average molecular weight is 454 g/mol. The Kier molecular flexibility index (Phi) is 16.0. The van der Waals surface area contributed by atoms with E-state index in [2.05, 4.69) is 24.4 Å². The molecule has 0 aromatic heterocycles. The SMILES string of the molecule is CCCCCCCCC=CCCCCCCCCNc1ccc(OCS(=O)(=O)O)cc1. The molecule has 0 saturated heterocycles. The summed E-state index contributed by atoms with van der Waals surface area (Å²) in [4.78, 5) is 0. The summed E-state index contributed by atoms with van der Waals surface area (Å²) in [5, 5.41) is 3.36. The minimum Gasteiger partial charge on any atom is -0.475 e. The Bertz CT molecular complexity index is 671. The average Bonchev–Trinajstić information content (AvgIpc) is 2.75. The van der Waals surface area contributed by atoms with Crippen LogP contribution in [-0.2, 0) is 10.1 Å². The molecular weight excluding hydrogens is 410 g/mol. The highest BCUT2D eigenvalue weighted by molar-refractivity contribution is 7.85. The molecule has 1 rings (SSSR count). The van der Waals surface area contributed by atoms with Gasteiger partial charge in [0.15, 0.2) is 0 Å². The number of unbranched alkanes of at least 4 members (excludes halogenated alkanes) is 12. The lowest BCUT2D eigenvalue weighted by atomic mass is 10.1. The zero-order valence-corrected chi connectivity index (χ0v) is 20.2. The summed E-state index contributed by atoms with van der Waals surface area (Å²) in [5.41, 5.74) is 0.979. The van der Waals surface area contributed by atoms with Crippen molar-refractivity contribution in [1.82, 2.24) is 0 Å². The fourth-order valence-corrected chi connectivity index (χ4v) is 3.70. The van der Waals surface area contributed by atoms with Gasteiger partial charge in [0, 0.05) is 12.2 Å². The van der Waals surface area contributed by atoms with E-state index in [4.69, 9.17) is 9.29 Å². The molecule has 1 aromatic rings. The second-order valence-corrected chi connectivity index (χ2v) is 9.63. The Morgan fingerprint density at radius 1 is 0.806 bits per heavy atom. The van der Waals surface area contributed by atoms with Crippen LogP contribution in [0.2, 0.25) is 0 Å². The van der Waals surface area contributed by atoms with Crippen molar-refractivity contribution in [2.24, 2.45) is 0 Å². The number of ether oxygens (including phenoxy) is 1. The zero-order chi connectivity index (χ0) is 22.6. The molecule has 31 heavy (non-hydrogen) atoms. The van der Waals surface area contributed by atoms with Gasteiger partial charge in [0.1, 0.15) is 5.75 Å². The van der Waals surface area contributed by atoms with Gasteiger partial charge in [-0.25, -0.2) is 0 Å². The third kappa shape index (κ3) is 17.8. The monoisotopic (exact) mass is 453 g/mol. The van der Waals surface area contributed by atoms with Gasteiger partial charge in [0.2, 0.25) is 5.94 Å². The third-order valence-electron chi connectivity index (χ3n) is 5.25. The second-order valence-electron chi connectivity index (χ2n) is 8.23. The van der Waals surface area contributed by atoms with Gasteiger partial charge in [0.25, 0.3) is 0 Å². The van der Waals surface area contributed by atoms with Crippen molar-refractivity contribution in [3.05, 3.63) is 36.4 Å². The number of anilines is 1. The molecule has 0 aliphatic rings. The van der Waals surface area contributed by atoms with Crippen LogP contribution in [0.4, 0.5) is 5.69 Å². The molecule has 0 fully saturated rings. The van der Waals surface area contributed by atoms with Crippen LogP contribution in [0, 0.1) is 0 Å². The lowest BCUT2D eigenvalue weighted by Crippen LogP contribution is -2.10. The first kappa shape index (κ1) is 27.5. The van der Waals surface area contributed by atoms with Crippen LogP contribution in [0.25, 0.3) is 0 Å². The Morgan fingerprint density at radius 2 is 1.32 bits per heavy atom. The molecule has 0 aliphatic heterocycles. The molecule has 0 saturated carbocycles. The van der Waals surface area contributed by atoms with Crippen LogP contribution >= 0.6 is 0 Å². The van der Waals surface area contributed by atoms with Crippen LogP contribution in [-0.4, -0.2) is 25.5 Å². The molecule has 0 spiro atoms. The lowest BCUT2D eigenvalue weighted by Gasteiger charge is -2.08. The van der Waals surface area contributed by atoms with Crippen molar-refractivity contribution in [3.8, 4) is 5.75 Å². The molecule has 0 radical (unpaired) electrons. The van der Waals surface area contributed by atoms with E-state index in [1.807, 2.05) is 12.1 Å². The number of hydrogen-bond acceptors (Lipinski definition) is 4. The maximum absolute atomic E-state index is 10.7. The van der Waals surface area contributed by atoms with Crippen molar-refractivity contribution in [2.75, 3.05) is 17.8 Å². The summed E-state index contributed by atoms with van der Waals surface area (Å²) in [6, 6.07) is 7.07. The number of rotatable bonds is 20. The molecule has 178 valence electrons. The van der Waals surface area contributed by atoms with Crippen molar-refractivity contribution in [3.63, 3.8) is 0 Å². The number of hydrogen-bond donors (Lipinski definition) is 2. The van der Waals surface area contributed by atoms with E-state index >= 15 is 0 Å². The smallest absolute Gasteiger partial charge is 0.300 e. The fourth-order valence-electron chi connectivity index (χ4n) is 3.42. The molecule has 0 atom stereocenters. The normalized spacial score (nSPS) is 11.8. The number of allylic oxidation sites excluding steroid dienone is 2. The van der Waals surface area contributed by atoms with Crippen LogP contribution in [0.15, 0.2) is 36.4 Å². The molecular formula is C25H43NO4S. The van der Waals surface area contributed by atoms with Crippen molar-refractivity contribution in [1.29, 1.82) is 0 Å².